The van der Waals surface area contributed by atoms with Crippen molar-refractivity contribution in [2.45, 2.75) is 25.7 Å². The Bertz CT molecular complexity index is 1180. The molecule has 1 aliphatic carbocycles. The lowest BCUT2D eigenvalue weighted by Crippen LogP contribution is -2.63. The average Bonchev–Trinajstić information content (AvgIpc) is 3.22. The van der Waals surface area contributed by atoms with Gasteiger partial charge in [-0.05, 0) is 36.0 Å². The van der Waals surface area contributed by atoms with Gasteiger partial charge in [-0.15, -0.1) is 12.3 Å². The van der Waals surface area contributed by atoms with E-state index < -0.39 is 46.5 Å². The molecule has 1 spiro atoms. The second kappa shape index (κ2) is 7.52. The summed E-state index contributed by atoms with van der Waals surface area (Å²) in [4.78, 5) is 80.3. The number of carbonyl (C=O) groups excluding carboxylic acids is 6. The molecule has 0 aromatic heterocycles. The van der Waals surface area contributed by atoms with Crippen LogP contribution in [0.1, 0.15) is 23.1 Å². The molecule has 2 aliphatic heterocycles. The van der Waals surface area contributed by atoms with Crippen LogP contribution < -0.4 is 0 Å². The third kappa shape index (κ3) is 2.89. The summed E-state index contributed by atoms with van der Waals surface area (Å²) < 4.78 is 0. The van der Waals surface area contributed by atoms with Gasteiger partial charge in [-0.25, -0.2) is 9.59 Å². The van der Waals surface area contributed by atoms with E-state index in [2.05, 4.69) is 5.92 Å². The Morgan fingerprint density at radius 3 is 1.74 bits per heavy atom. The smallest absolute Gasteiger partial charge is 0.273 e. The summed E-state index contributed by atoms with van der Waals surface area (Å²) in [5.74, 6) is -0.0499. The number of barbiturate groups is 2. The molecule has 2 saturated heterocycles. The molecule has 34 heavy (non-hydrogen) atoms. The Kier molecular flexibility index (Phi) is 5.12. The van der Waals surface area contributed by atoms with Crippen LogP contribution in [0.2, 0.25) is 0 Å². The highest BCUT2D eigenvalue weighted by molar-refractivity contribution is 6.20. The van der Waals surface area contributed by atoms with Crippen molar-refractivity contribution < 1.29 is 28.8 Å². The van der Waals surface area contributed by atoms with E-state index in [0.717, 1.165) is 30.7 Å². The normalized spacial score (nSPS) is 21.5. The molecule has 3 aliphatic rings. The minimum atomic E-state index is -1.64. The molecule has 2 heterocycles. The summed E-state index contributed by atoms with van der Waals surface area (Å²) in [7, 11) is 5.31. The Balaban J connectivity index is 1.70. The summed E-state index contributed by atoms with van der Waals surface area (Å²) in [5, 5.41) is 0. The van der Waals surface area contributed by atoms with Crippen molar-refractivity contribution in [1.82, 2.24) is 19.6 Å². The summed E-state index contributed by atoms with van der Waals surface area (Å²) in [5.41, 5.74) is -0.937. The molecule has 176 valence electrons. The monoisotopic (exact) mass is 464 g/mol. The zero-order chi connectivity index (χ0) is 25.2. The lowest BCUT2D eigenvalue weighted by molar-refractivity contribution is -0.158. The highest BCUT2D eigenvalue weighted by Crippen LogP contribution is 2.43. The molecule has 0 N–H and O–H groups in total. The van der Waals surface area contributed by atoms with Gasteiger partial charge in [-0.1, -0.05) is 18.2 Å². The van der Waals surface area contributed by atoms with Gasteiger partial charge in [0.25, 0.3) is 0 Å². The molecule has 0 atom stereocenters. The summed E-state index contributed by atoms with van der Waals surface area (Å²) in [6.45, 7) is 0. The third-order valence-electron chi connectivity index (χ3n) is 7.17. The first kappa shape index (κ1) is 23.2. The Morgan fingerprint density at radius 1 is 0.765 bits per heavy atom. The topological polar surface area (TPSA) is 115 Å². The fourth-order valence-corrected chi connectivity index (χ4v) is 5.29. The van der Waals surface area contributed by atoms with Gasteiger partial charge in [0, 0.05) is 34.6 Å². The second-order valence-corrected chi connectivity index (χ2v) is 9.20. The lowest BCUT2D eigenvalue weighted by Gasteiger charge is -2.41. The molecule has 4 rings (SSSR count). The van der Waals surface area contributed by atoms with Gasteiger partial charge < -0.3 is 0 Å². The molecular weight excluding hydrogens is 440 g/mol. The minimum absolute atomic E-state index is 0.0444. The van der Waals surface area contributed by atoms with E-state index in [1.807, 2.05) is 0 Å². The van der Waals surface area contributed by atoms with Gasteiger partial charge >= 0.3 is 12.1 Å². The molecule has 0 bridgehead atoms. The first-order chi connectivity index (χ1) is 15.9. The van der Waals surface area contributed by atoms with Gasteiger partial charge in [-0.2, -0.15) is 0 Å². The molecule has 10 heteroatoms. The molecule has 8 amide bonds. The molecule has 2 fully saturated rings. The van der Waals surface area contributed by atoms with Crippen LogP contribution >= 0.6 is 0 Å². The molecule has 0 radical (unpaired) electrons. The Hall–Kier alpha value is -4.00. The first-order valence-electron chi connectivity index (χ1n) is 10.7. The maximum Gasteiger partial charge on any atom is 0.332 e. The van der Waals surface area contributed by atoms with Crippen molar-refractivity contribution in [3.8, 4) is 12.3 Å². The first-order valence-corrected chi connectivity index (χ1v) is 10.7. The van der Waals surface area contributed by atoms with Crippen LogP contribution in [0.25, 0.3) is 0 Å². The summed E-state index contributed by atoms with van der Waals surface area (Å²) in [6, 6.07) is 3.84. The Morgan fingerprint density at radius 2 is 1.24 bits per heavy atom. The summed E-state index contributed by atoms with van der Waals surface area (Å²) in [6.07, 6.45) is 5.52. The van der Waals surface area contributed by atoms with E-state index in [4.69, 9.17) is 6.42 Å². The quantitative estimate of drug-likeness (QED) is 0.473. The average molecular weight is 464 g/mol. The van der Waals surface area contributed by atoms with Crippen LogP contribution in [-0.4, -0.2) is 83.5 Å². The molecule has 1 aromatic rings. The molecule has 1 aromatic carbocycles. The predicted molar refractivity (Wildman–Crippen MR) is 118 cm³/mol. The van der Waals surface area contributed by atoms with E-state index >= 15 is 0 Å². The van der Waals surface area contributed by atoms with Crippen LogP contribution in [-0.2, 0) is 38.4 Å². The fourth-order valence-electron chi connectivity index (χ4n) is 5.29. The van der Waals surface area contributed by atoms with Gasteiger partial charge in [0.05, 0.1) is 0 Å². The number of carbonyl (C=O) groups is 6. The largest absolute Gasteiger partial charge is 0.332 e. The van der Waals surface area contributed by atoms with E-state index in [0.29, 0.717) is 5.56 Å². The van der Waals surface area contributed by atoms with Crippen molar-refractivity contribution in [2.24, 2.45) is 10.8 Å². The SMILES string of the molecule is C#CCC1(Cc2ccc3c(c2)CC2(C3)C(=O)N(C)C(=O)N(C)C2=O)C(=O)N(C)C(=O)N(C)C1=O. The van der Waals surface area contributed by atoms with Gasteiger partial charge in [-0.3, -0.25) is 38.8 Å². The molecule has 0 saturated carbocycles. The van der Waals surface area contributed by atoms with E-state index in [1.165, 1.54) is 28.2 Å². The number of urea groups is 2. The fraction of sp³-hybridized carbons (Fsp3) is 0.417. The van der Waals surface area contributed by atoms with Crippen molar-refractivity contribution in [1.29, 1.82) is 0 Å². The molecular formula is C24H24N4O6. The van der Waals surface area contributed by atoms with Crippen LogP contribution in [0, 0.1) is 23.2 Å². The zero-order valence-corrected chi connectivity index (χ0v) is 19.4. The van der Waals surface area contributed by atoms with Crippen LogP contribution in [0.3, 0.4) is 0 Å². The van der Waals surface area contributed by atoms with Crippen molar-refractivity contribution >= 4 is 35.7 Å². The Labute approximate surface area is 196 Å². The van der Waals surface area contributed by atoms with Crippen LogP contribution in [0.4, 0.5) is 9.59 Å². The number of fused-ring (bicyclic) bond motifs is 1. The standard InChI is InChI=1S/C24H24N4O6/c1-6-9-23(17(29)25(2)21(33)26(3)18(23)30)11-14-7-8-15-12-24(13-16(15)10-14)19(31)27(4)22(34)28(5)20(24)32/h1,7-8,10H,9,11-13H2,2-5H3. The number of hydrogen-bond acceptors (Lipinski definition) is 6. The van der Waals surface area contributed by atoms with Crippen molar-refractivity contribution in [2.75, 3.05) is 28.2 Å². The van der Waals surface area contributed by atoms with Crippen LogP contribution in [0.5, 0.6) is 0 Å². The van der Waals surface area contributed by atoms with Crippen LogP contribution in [0.15, 0.2) is 18.2 Å². The highest BCUT2D eigenvalue weighted by Gasteiger charge is 2.58. The second-order valence-electron chi connectivity index (χ2n) is 9.20. The summed E-state index contributed by atoms with van der Waals surface area (Å²) >= 11 is 0. The molecule has 0 unspecified atom stereocenters. The maximum absolute atomic E-state index is 13.1. The van der Waals surface area contributed by atoms with Gasteiger partial charge in [0.1, 0.15) is 10.8 Å². The highest BCUT2D eigenvalue weighted by atomic mass is 16.2. The maximum atomic E-state index is 13.1. The number of benzene rings is 1. The van der Waals surface area contributed by atoms with Gasteiger partial charge in [0.2, 0.25) is 23.6 Å². The number of hydrogen-bond donors (Lipinski definition) is 0. The number of imide groups is 4. The van der Waals surface area contributed by atoms with Crippen molar-refractivity contribution in [3.63, 3.8) is 0 Å². The third-order valence-corrected chi connectivity index (χ3v) is 7.17. The lowest BCUT2D eigenvalue weighted by atomic mass is 9.75. The van der Waals surface area contributed by atoms with E-state index in [-0.39, 0.29) is 25.7 Å². The number of terminal acetylenes is 1. The molecule has 10 nitrogen and oxygen atoms in total. The number of amides is 8. The van der Waals surface area contributed by atoms with Crippen molar-refractivity contribution in [3.05, 3.63) is 34.9 Å². The predicted octanol–water partition coefficient (Wildman–Crippen LogP) is 0.425. The van der Waals surface area contributed by atoms with Gasteiger partial charge in [0.15, 0.2) is 0 Å². The number of nitrogens with zero attached hydrogens (tertiary/aromatic N) is 4. The zero-order valence-electron chi connectivity index (χ0n) is 19.4. The van der Waals surface area contributed by atoms with E-state index in [9.17, 15) is 28.8 Å². The minimum Gasteiger partial charge on any atom is -0.273 e. The van der Waals surface area contributed by atoms with E-state index in [1.54, 1.807) is 18.2 Å². The number of rotatable bonds is 3.